The van der Waals surface area contributed by atoms with Crippen molar-refractivity contribution in [1.82, 2.24) is 14.7 Å². The van der Waals surface area contributed by atoms with Crippen molar-refractivity contribution in [2.75, 3.05) is 31.1 Å². The van der Waals surface area contributed by atoms with Crippen LogP contribution in [0.25, 0.3) is 16.9 Å². The summed E-state index contributed by atoms with van der Waals surface area (Å²) in [6, 6.07) is 14.6. The first-order valence-corrected chi connectivity index (χ1v) is 8.24. The molecule has 0 aliphatic carbocycles. The molecule has 1 aliphatic heterocycles. The van der Waals surface area contributed by atoms with Gasteiger partial charge >= 0.3 is 0 Å². The molecule has 0 amide bonds. The van der Waals surface area contributed by atoms with Gasteiger partial charge in [-0.25, -0.2) is 4.98 Å². The highest BCUT2D eigenvalue weighted by Crippen LogP contribution is 2.19. The van der Waals surface area contributed by atoms with Crippen LogP contribution in [0, 0.1) is 11.3 Å². The van der Waals surface area contributed by atoms with Gasteiger partial charge in [0.25, 0.3) is 5.56 Å². The molecule has 0 atom stereocenters. The molecule has 1 fully saturated rings. The summed E-state index contributed by atoms with van der Waals surface area (Å²) in [6.45, 7) is 3.73. The normalized spacial score (nSPS) is 14.4. The van der Waals surface area contributed by atoms with E-state index < -0.39 is 0 Å². The molecule has 1 N–H and O–H groups in total. The molecule has 0 unspecified atom stereocenters. The molecule has 124 valence electrons. The van der Waals surface area contributed by atoms with Crippen molar-refractivity contribution in [1.29, 1.82) is 5.26 Å². The first kappa shape index (κ1) is 15.4. The van der Waals surface area contributed by atoms with Crippen molar-refractivity contribution in [2.45, 2.75) is 0 Å². The van der Waals surface area contributed by atoms with Crippen molar-refractivity contribution < 1.29 is 0 Å². The van der Waals surface area contributed by atoms with Gasteiger partial charge in [-0.15, -0.1) is 0 Å². The number of nitrogens with one attached hydrogen (secondary N) is 1. The summed E-state index contributed by atoms with van der Waals surface area (Å²) in [4.78, 5) is 19.4. The Morgan fingerprint density at radius 2 is 1.96 bits per heavy atom. The number of anilines is 1. The van der Waals surface area contributed by atoms with Crippen molar-refractivity contribution in [2.24, 2.45) is 0 Å². The quantitative estimate of drug-likeness (QED) is 0.773. The van der Waals surface area contributed by atoms with Crippen molar-refractivity contribution in [3.8, 4) is 17.3 Å². The fraction of sp³-hybridized carbons (Fsp3) is 0.211. The van der Waals surface area contributed by atoms with E-state index in [1.165, 1.54) is 6.07 Å². The zero-order chi connectivity index (χ0) is 17.2. The third-order valence-electron chi connectivity index (χ3n) is 4.41. The Morgan fingerprint density at radius 3 is 2.76 bits per heavy atom. The molecular weight excluding hydrogens is 314 g/mol. The molecule has 25 heavy (non-hydrogen) atoms. The molecule has 3 aromatic rings. The fourth-order valence-electron chi connectivity index (χ4n) is 3.10. The highest BCUT2D eigenvalue weighted by molar-refractivity contribution is 5.64. The number of piperazine rings is 1. The molecule has 4 rings (SSSR count). The number of pyridine rings is 1. The number of aromatic nitrogens is 2. The lowest BCUT2D eigenvalue weighted by atomic mass is 10.1. The second-order valence-corrected chi connectivity index (χ2v) is 6.02. The average molecular weight is 331 g/mol. The summed E-state index contributed by atoms with van der Waals surface area (Å²) in [5.41, 5.74) is 3.40. The summed E-state index contributed by atoms with van der Waals surface area (Å²) in [5.74, 6) is 0. The van der Waals surface area contributed by atoms with Gasteiger partial charge in [-0.3, -0.25) is 9.20 Å². The number of rotatable bonds is 2. The Kier molecular flexibility index (Phi) is 3.92. The summed E-state index contributed by atoms with van der Waals surface area (Å²) < 4.78 is 1.58. The molecule has 1 aromatic carbocycles. The second-order valence-electron chi connectivity index (χ2n) is 6.02. The molecule has 1 aliphatic rings. The Labute approximate surface area is 145 Å². The Bertz CT molecular complexity index is 1030. The predicted octanol–water partition coefficient (Wildman–Crippen LogP) is 1.64. The lowest BCUT2D eigenvalue weighted by Crippen LogP contribution is -2.43. The molecule has 0 radical (unpaired) electrons. The van der Waals surface area contributed by atoms with Gasteiger partial charge in [0.15, 0.2) is 0 Å². The van der Waals surface area contributed by atoms with E-state index >= 15 is 0 Å². The van der Waals surface area contributed by atoms with E-state index in [0.29, 0.717) is 16.9 Å². The largest absolute Gasteiger partial charge is 0.368 e. The van der Waals surface area contributed by atoms with E-state index in [-0.39, 0.29) is 5.56 Å². The number of nitriles is 1. The van der Waals surface area contributed by atoms with Gasteiger partial charge in [0.05, 0.1) is 23.0 Å². The van der Waals surface area contributed by atoms with Crippen molar-refractivity contribution in [3.05, 3.63) is 64.6 Å². The molecule has 6 nitrogen and oxygen atoms in total. The average Bonchev–Trinajstić information content (AvgIpc) is 2.68. The lowest BCUT2D eigenvalue weighted by Gasteiger charge is -2.29. The van der Waals surface area contributed by atoms with Gasteiger partial charge in [0, 0.05) is 44.0 Å². The molecular formula is C19H17N5O. The van der Waals surface area contributed by atoms with Gasteiger partial charge in [-0.1, -0.05) is 12.1 Å². The van der Waals surface area contributed by atoms with Crippen LogP contribution in [0.4, 0.5) is 5.69 Å². The Morgan fingerprint density at radius 1 is 1.12 bits per heavy atom. The van der Waals surface area contributed by atoms with E-state index in [1.54, 1.807) is 22.6 Å². The summed E-state index contributed by atoms with van der Waals surface area (Å²) in [7, 11) is 0. The summed E-state index contributed by atoms with van der Waals surface area (Å²) in [6.07, 6.45) is 1.85. The fourth-order valence-corrected chi connectivity index (χ4v) is 3.10. The molecule has 6 heteroatoms. The minimum atomic E-state index is -0.126. The third-order valence-corrected chi connectivity index (χ3v) is 4.41. The van der Waals surface area contributed by atoms with Crippen LogP contribution in [0.5, 0.6) is 0 Å². The smallest absolute Gasteiger partial charge is 0.258 e. The first-order valence-electron chi connectivity index (χ1n) is 8.24. The van der Waals surface area contributed by atoms with Gasteiger partial charge in [-0.2, -0.15) is 5.26 Å². The van der Waals surface area contributed by atoms with Crippen molar-refractivity contribution in [3.63, 3.8) is 0 Å². The predicted molar refractivity (Wildman–Crippen MR) is 96.7 cm³/mol. The van der Waals surface area contributed by atoms with Crippen LogP contribution < -0.4 is 15.8 Å². The van der Waals surface area contributed by atoms with E-state index in [4.69, 9.17) is 5.26 Å². The first-order chi connectivity index (χ1) is 12.2. The summed E-state index contributed by atoms with van der Waals surface area (Å²) >= 11 is 0. The Hall–Kier alpha value is -3.17. The van der Waals surface area contributed by atoms with E-state index in [1.807, 2.05) is 24.4 Å². The van der Waals surface area contributed by atoms with Crippen LogP contribution in [-0.4, -0.2) is 35.6 Å². The van der Waals surface area contributed by atoms with Crippen LogP contribution in [0.1, 0.15) is 5.56 Å². The van der Waals surface area contributed by atoms with Crippen LogP contribution >= 0.6 is 0 Å². The minimum absolute atomic E-state index is 0.126. The summed E-state index contributed by atoms with van der Waals surface area (Å²) in [5, 5.41) is 12.4. The van der Waals surface area contributed by atoms with Crippen LogP contribution in [0.15, 0.2) is 53.5 Å². The standard InChI is InChI=1S/C19H17N5O/c20-12-14-2-1-3-15(10-14)17-11-19(25)24-13-16(4-5-18(24)22-17)23-8-6-21-7-9-23/h1-5,10-11,13,21H,6-9H2. The lowest BCUT2D eigenvalue weighted by molar-refractivity contribution is 0.588. The number of hydrogen-bond donors (Lipinski definition) is 1. The SMILES string of the molecule is N#Cc1cccc(-c2cc(=O)n3cc(N4CCNCC4)ccc3n2)c1. The number of fused-ring (bicyclic) bond motifs is 1. The molecule has 0 saturated carbocycles. The van der Waals surface area contributed by atoms with Gasteiger partial charge < -0.3 is 10.2 Å². The third kappa shape index (κ3) is 2.97. The zero-order valence-electron chi connectivity index (χ0n) is 13.6. The zero-order valence-corrected chi connectivity index (χ0v) is 13.6. The van der Waals surface area contributed by atoms with Gasteiger partial charge in [0.1, 0.15) is 5.65 Å². The van der Waals surface area contributed by atoms with E-state index in [2.05, 4.69) is 21.3 Å². The van der Waals surface area contributed by atoms with Gasteiger partial charge in [0.2, 0.25) is 0 Å². The van der Waals surface area contributed by atoms with Crippen LogP contribution in [0.2, 0.25) is 0 Å². The minimum Gasteiger partial charge on any atom is -0.368 e. The van der Waals surface area contributed by atoms with Crippen LogP contribution in [0.3, 0.4) is 0 Å². The number of nitrogens with zero attached hydrogens (tertiary/aromatic N) is 4. The molecule has 1 saturated heterocycles. The maximum absolute atomic E-state index is 12.6. The van der Waals surface area contributed by atoms with E-state index in [9.17, 15) is 4.79 Å². The molecule has 2 aromatic heterocycles. The highest BCUT2D eigenvalue weighted by Gasteiger charge is 2.12. The van der Waals surface area contributed by atoms with Crippen LogP contribution in [-0.2, 0) is 0 Å². The van der Waals surface area contributed by atoms with Crippen molar-refractivity contribution >= 4 is 11.3 Å². The second kappa shape index (κ2) is 6.38. The number of benzene rings is 1. The topological polar surface area (TPSA) is 73.4 Å². The molecule has 3 heterocycles. The number of hydrogen-bond acceptors (Lipinski definition) is 5. The maximum Gasteiger partial charge on any atom is 0.258 e. The molecule has 0 bridgehead atoms. The van der Waals surface area contributed by atoms with E-state index in [0.717, 1.165) is 37.4 Å². The highest BCUT2D eigenvalue weighted by atomic mass is 16.1. The monoisotopic (exact) mass is 331 g/mol. The Balaban J connectivity index is 1.78. The molecule has 0 spiro atoms. The maximum atomic E-state index is 12.6. The van der Waals surface area contributed by atoms with Gasteiger partial charge in [-0.05, 0) is 24.3 Å².